The lowest BCUT2D eigenvalue weighted by molar-refractivity contribution is -0.146. The molecule has 2 rings (SSSR count). The molecule has 0 aliphatic carbocycles. The molecule has 0 aromatic carbocycles. The third-order valence-electron chi connectivity index (χ3n) is 1.95. The van der Waals surface area contributed by atoms with Crippen molar-refractivity contribution >= 4 is 16.9 Å². The van der Waals surface area contributed by atoms with Crippen LogP contribution in [0.3, 0.4) is 0 Å². The topological polar surface area (TPSA) is 57.8 Å². The van der Waals surface area contributed by atoms with Crippen molar-refractivity contribution in [2.45, 2.75) is 6.30 Å². The zero-order valence-electron chi connectivity index (χ0n) is 7.80. The van der Waals surface area contributed by atoms with Crippen LogP contribution in [0.4, 0.5) is 13.2 Å². The van der Waals surface area contributed by atoms with Gasteiger partial charge >= 0.3 is 6.30 Å². The molecular weight excluding hydrogens is 223 g/mol. The number of fused-ring (bicyclic) bond motifs is 1. The van der Waals surface area contributed by atoms with Gasteiger partial charge in [-0.2, -0.15) is 13.2 Å². The summed E-state index contributed by atoms with van der Waals surface area (Å²) in [6.07, 6.45) is -2.06. The molecule has 0 fully saturated rings. The first kappa shape index (κ1) is 10.5. The van der Waals surface area contributed by atoms with E-state index in [0.717, 1.165) is 5.32 Å². The van der Waals surface area contributed by atoms with Crippen LogP contribution in [0.5, 0.6) is 0 Å². The summed E-state index contributed by atoms with van der Waals surface area (Å²) in [6, 6.07) is 3.06. The number of rotatable bonds is 1. The lowest BCUT2D eigenvalue weighted by Gasteiger charge is -2.07. The summed E-state index contributed by atoms with van der Waals surface area (Å²) < 4.78 is 35.8. The number of H-pyrrole nitrogens is 1. The second-order valence-electron chi connectivity index (χ2n) is 3.05. The van der Waals surface area contributed by atoms with Gasteiger partial charge in [0.1, 0.15) is 5.65 Å². The van der Waals surface area contributed by atoms with E-state index in [0.29, 0.717) is 11.0 Å². The van der Waals surface area contributed by atoms with Gasteiger partial charge in [0.2, 0.25) is 0 Å². The normalized spacial score (nSPS) is 11.7. The molecule has 0 saturated carbocycles. The number of alkyl halides is 3. The van der Waals surface area contributed by atoms with Gasteiger partial charge in [-0.1, -0.05) is 0 Å². The van der Waals surface area contributed by atoms with Gasteiger partial charge in [0.15, 0.2) is 0 Å². The highest BCUT2D eigenvalue weighted by molar-refractivity contribution is 6.05. The number of carbonyl (C=O) groups excluding carboxylic acids is 1. The summed E-state index contributed by atoms with van der Waals surface area (Å²) in [4.78, 5) is 17.7. The minimum absolute atomic E-state index is 0.0829. The quantitative estimate of drug-likeness (QED) is 0.732. The molecule has 2 N–H and O–H groups in total. The summed E-state index contributed by atoms with van der Waals surface area (Å²) in [6.45, 7) is 0. The van der Waals surface area contributed by atoms with E-state index in [1.165, 1.54) is 18.5 Å². The van der Waals surface area contributed by atoms with Crippen molar-refractivity contribution < 1.29 is 18.0 Å². The van der Waals surface area contributed by atoms with Crippen LogP contribution in [0.15, 0.2) is 24.5 Å². The number of nitrogens with zero attached hydrogens (tertiary/aromatic N) is 1. The van der Waals surface area contributed by atoms with Crippen LogP contribution >= 0.6 is 0 Å². The zero-order valence-corrected chi connectivity index (χ0v) is 7.80. The Morgan fingerprint density at radius 1 is 1.44 bits per heavy atom. The molecule has 0 atom stereocenters. The summed E-state index contributed by atoms with van der Waals surface area (Å²) in [5, 5.41) is 1.28. The van der Waals surface area contributed by atoms with Gasteiger partial charge in [-0.25, -0.2) is 4.98 Å². The van der Waals surface area contributed by atoms with Crippen molar-refractivity contribution in [3.8, 4) is 0 Å². The zero-order chi connectivity index (χ0) is 11.8. The third-order valence-corrected chi connectivity index (χ3v) is 1.95. The molecule has 2 aromatic rings. The van der Waals surface area contributed by atoms with Gasteiger partial charge in [0.25, 0.3) is 5.91 Å². The number of carbonyl (C=O) groups is 1. The van der Waals surface area contributed by atoms with Crippen LogP contribution < -0.4 is 5.32 Å². The Balaban J connectivity index is 2.37. The van der Waals surface area contributed by atoms with Crippen molar-refractivity contribution in [1.29, 1.82) is 0 Å². The molecule has 0 saturated heterocycles. The fourth-order valence-corrected chi connectivity index (χ4v) is 1.34. The number of amides is 1. The second kappa shape index (κ2) is 3.51. The Kier molecular flexibility index (Phi) is 2.30. The maximum Gasteiger partial charge on any atom is 0.484 e. The monoisotopic (exact) mass is 229 g/mol. The molecule has 2 heterocycles. The first-order valence-electron chi connectivity index (χ1n) is 4.29. The van der Waals surface area contributed by atoms with Crippen LogP contribution in [0.25, 0.3) is 11.0 Å². The SMILES string of the molecule is O=C(NC(F)(F)F)c1c[nH]c2ncccc12. The molecule has 0 unspecified atom stereocenters. The number of hydrogen-bond acceptors (Lipinski definition) is 2. The number of aromatic amines is 1. The fraction of sp³-hybridized carbons (Fsp3) is 0.111. The van der Waals surface area contributed by atoms with Crippen LogP contribution in [0, 0.1) is 0 Å². The standard InChI is InChI=1S/C9H6F3N3O/c10-9(11,12)15-8(16)6-4-14-7-5(6)2-1-3-13-7/h1-4H,(H,13,14)(H,15,16). The third kappa shape index (κ3) is 1.97. The highest BCUT2D eigenvalue weighted by Gasteiger charge is 2.31. The minimum Gasteiger partial charge on any atom is -0.345 e. The van der Waals surface area contributed by atoms with E-state index in [1.807, 2.05) is 0 Å². The molecule has 0 aliphatic heterocycles. The van der Waals surface area contributed by atoms with E-state index in [9.17, 15) is 18.0 Å². The Labute approximate surface area is 87.5 Å². The molecule has 0 aliphatic rings. The van der Waals surface area contributed by atoms with E-state index in [-0.39, 0.29) is 5.56 Å². The number of aromatic nitrogens is 2. The Morgan fingerprint density at radius 2 is 2.19 bits per heavy atom. The lowest BCUT2D eigenvalue weighted by atomic mass is 10.2. The lowest BCUT2D eigenvalue weighted by Crippen LogP contribution is -2.37. The van der Waals surface area contributed by atoms with Crippen molar-refractivity contribution in [3.63, 3.8) is 0 Å². The Bertz CT molecular complexity index is 532. The number of pyridine rings is 1. The molecule has 0 radical (unpaired) electrons. The van der Waals surface area contributed by atoms with Gasteiger partial charge in [0.05, 0.1) is 5.56 Å². The Hall–Kier alpha value is -2.05. The number of halogens is 3. The second-order valence-corrected chi connectivity index (χ2v) is 3.05. The van der Waals surface area contributed by atoms with Crippen LogP contribution in [-0.4, -0.2) is 22.2 Å². The first-order valence-corrected chi connectivity index (χ1v) is 4.29. The predicted octanol–water partition coefficient (Wildman–Crippen LogP) is 1.81. The summed E-state index contributed by atoms with van der Waals surface area (Å²) in [5.41, 5.74) is 0.287. The van der Waals surface area contributed by atoms with E-state index < -0.39 is 12.2 Å². The average molecular weight is 229 g/mol. The van der Waals surface area contributed by atoms with Crippen LogP contribution in [0.2, 0.25) is 0 Å². The molecule has 4 nitrogen and oxygen atoms in total. The van der Waals surface area contributed by atoms with Gasteiger partial charge < -0.3 is 4.98 Å². The number of nitrogens with one attached hydrogen (secondary N) is 2. The van der Waals surface area contributed by atoms with E-state index in [2.05, 4.69) is 9.97 Å². The maximum absolute atomic E-state index is 11.9. The summed E-state index contributed by atoms with van der Waals surface area (Å²) in [5.74, 6) is -1.20. The van der Waals surface area contributed by atoms with E-state index in [4.69, 9.17) is 0 Å². The van der Waals surface area contributed by atoms with Gasteiger partial charge in [-0.3, -0.25) is 10.1 Å². The van der Waals surface area contributed by atoms with Gasteiger partial charge in [-0.15, -0.1) is 0 Å². The molecule has 84 valence electrons. The predicted molar refractivity (Wildman–Crippen MR) is 49.6 cm³/mol. The van der Waals surface area contributed by atoms with Crippen molar-refractivity contribution in [1.82, 2.24) is 15.3 Å². The highest BCUT2D eigenvalue weighted by atomic mass is 19.4. The summed E-state index contributed by atoms with van der Waals surface area (Å²) in [7, 11) is 0. The van der Waals surface area contributed by atoms with Crippen LogP contribution in [-0.2, 0) is 0 Å². The van der Waals surface area contributed by atoms with Gasteiger partial charge in [-0.05, 0) is 12.1 Å². The fourth-order valence-electron chi connectivity index (χ4n) is 1.34. The first-order chi connectivity index (χ1) is 7.47. The minimum atomic E-state index is -4.73. The number of hydrogen-bond donors (Lipinski definition) is 2. The van der Waals surface area contributed by atoms with E-state index >= 15 is 0 Å². The van der Waals surface area contributed by atoms with Gasteiger partial charge in [0, 0.05) is 17.8 Å². The maximum atomic E-state index is 11.9. The largest absolute Gasteiger partial charge is 0.484 e. The smallest absolute Gasteiger partial charge is 0.345 e. The van der Waals surface area contributed by atoms with E-state index in [1.54, 1.807) is 6.07 Å². The van der Waals surface area contributed by atoms with Crippen molar-refractivity contribution in [2.75, 3.05) is 0 Å². The molecule has 2 aromatic heterocycles. The molecule has 0 bridgehead atoms. The molecule has 0 spiro atoms. The Morgan fingerprint density at radius 3 is 2.88 bits per heavy atom. The molecule has 16 heavy (non-hydrogen) atoms. The highest BCUT2D eigenvalue weighted by Crippen LogP contribution is 2.17. The van der Waals surface area contributed by atoms with Crippen LogP contribution in [0.1, 0.15) is 10.4 Å². The van der Waals surface area contributed by atoms with Crippen molar-refractivity contribution in [2.24, 2.45) is 0 Å². The molecule has 1 amide bonds. The summed E-state index contributed by atoms with van der Waals surface area (Å²) >= 11 is 0. The average Bonchev–Trinajstić information content (AvgIpc) is 2.58. The van der Waals surface area contributed by atoms with Crippen molar-refractivity contribution in [3.05, 3.63) is 30.1 Å². The molecular formula is C9H6F3N3O. The molecule has 7 heteroatoms.